The maximum absolute atomic E-state index is 13.0. The Balaban J connectivity index is 2.22. The molecule has 2 rings (SSSR count). The lowest BCUT2D eigenvalue weighted by Gasteiger charge is -2.33. The SMILES string of the molecule is CC(C)(C)OC(=O)C(C)(NC1CC1)c1cnc(Cl)c(CCCNC(=O)O)c1. The Bertz CT molecular complexity index is 701. The van der Waals surface area contributed by atoms with Crippen LogP contribution in [0.15, 0.2) is 12.3 Å². The molecule has 1 aliphatic rings. The van der Waals surface area contributed by atoms with E-state index in [1.54, 1.807) is 13.1 Å². The van der Waals surface area contributed by atoms with Gasteiger partial charge in [-0.2, -0.15) is 0 Å². The van der Waals surface area contributed by atoms with Crippen LogP contribution in [0.25, 0.3) is 0 Å². The van der Waals surface area contributed by atoms with E-state index in [2.05, 4.69) is 15.6 Å². The summed E-state index contributed by atoms with van der Waals surface area (Å²) < 4.78 is 5.64. The van der Waals surface area contributed by atoms with Crippen LogP contribution in [0.1, 0.15) is 58.1 Å². The summed E-state index contributed by atoms with van der Waals surface area (Å²) in [5.74, 6) is -0.357. The summed E-state index contributed by atoms with van der Waals surface area (Å²) in [6.45, 7) is 7.63. The van der Waals surface area contributed by atoms with Crippen LogP contribution < -0.4 is 10.6 Å². The number of aromatic nitrogens is 1. The van der Waals surface area contributed by atoms with Crippen molar-refractivity contribution in [3.8, 4) is 0 Å². The smallest absolute Gasteiger partial charge is 0.404 e. The first-order chi connectivity index (χ1) is 12.5. The van der Waals surface area contributed by atoms with Gasteiger partial charge in [0.1, 0.15) is 16.3 Å². The molecule has 3 N–H and O–H groups in total. The lowest BCUT2D eigenvalue weighted by atomic mass is 9.91. The third-order valence-corrected chi connectivity index (χ3v) is 4.61. The molecule has 0 spiro atoms. The van der Waals surface area contributed by atoms with Crippen LogP contribution in [-0.2, 0) is 21.5 Å². The van der Waals surface area contributed by atoms with E-state index in [1.807, 2.05) is 26.8 Å². The number of carboxylic acid groups (broad SMARTS) is 1. The molecule has 1 amide bonds. The summed E-state index contributed by atoms with van der Waals surface area (Å²) in [4.78, 5) is 27.8. The number of carbonyl (C=O) groups is 2. The van der Waals surface area contributed by atoms with Gasteiger partial charge in [-0.1, -0.05) is 11.6 Å². The number of rotatable bonds is 8. The van der Waals surface area contributed by atoms with Gasteiger partial charge in [-0.3, -0.25) is 5.32 Å². The van der Waals surface area contributed by atoms with Crippen LogP contribution in [0.3, 0.4) is 0 Å². The Morgan fingerprint density at radius 3 is 2.56 bits per heavy atom. The summed E-state index contributed by atoms with van der Waals surface area (Å²) in [7, 11) is 0. The molecule has 0 radical (unpaired) electrons. The van der Waals surface area contributed by atoms with Gasteiger partial charge in [0, 0.05) is 24.3 Å². The molecule has 1 atom stereocenters. The molecule has 1 aliphatic carbocycles. The van der Waals surface area contributed by atoms with Gasteiger partial charge < -0.3 is 15.2 Å². The van der Waals surface area contributed by atoms with Crippen LogP contribution >= 0.6 is 11.6 Å². The molecule has 1 aromatic rings. The summed E-state index contributed by atoms with van der Waals surface area (Å²) in [5, 5.41) is 14.7. The second kappa shape index (κ2) is 8.44. The third kappa shape index (κ3) is 6.36. The molecular weight excluding hydrogens is 370 g/mol. The van der Waals surface area contributed by atoms with Crippen molar-refractivity contribution in [1.82, 2.24) is 15.6 Å². The highest BCUT2D eigenvalue weighted by molar-refractivity contribution is 6.30. The fourth-order valence-corrected chi connectivity index (χ4v) is 2.89. The fraction of sp³-hybridized carbons (Fsp3) is 0.632. The van der Waals surface area contributed by atoms with E-state index in [-0.39, 0.29) is 12.0 Å². The molecule has 0 bridgehead atoms. The van der Waals surface area contributed by atoms with Crippen molar-refractivity contribution in [2.75, 3.05) is 6.54 Å². The van der Waals surface area contributed by atoms with Crippen molar-refractivity contribution in [2.24, 2.45) is 0 Å². The van der Waals surface area contributed by atoms with E-state index in [4.69, 9.17) is 21.4 Å². The number of nitrogens with zero attached hydrogens (tertiary/aromatic N) is 1. The lowest BCUT2D eigenvalue weighted by Crippen LogP contribution is -2.50. The van der Waals surface area contributed by atoms with Crippen molar-refractivity contribution in [3.05, 3.63) is 28.5 Å². The molecule has 0 saturated heterocycles. The van der Waals surface area contributed by atoms with Crippen LogP contribution in [0.5, 0.6) is 0 Å². The Labute approximate surface area is 164 Å². The Morgan fingerprint density at radius 1 is 1.33 bits per heavy atom. The van der Waals surface area contributed by atoms with Crippen molar-refractivity contribution >= 4 is 23.7 Å². The minimum Gasteiger partial charge on any atom is -0.465 e. The molecule has 1 saturated carbocycles. The van der Waals surface area contributed by atoms with E-state index in [9.17, 15) is 9.59 Å². The molecule has 7 nitrogen and oxygen atoms in total. The molecular formula is C19H28ClN3O4. The number of hydrogen-bond donors (Lipinski definition) is 3. The predicted molar refractivity (Wildman–Crippen MR) is 103 cm³/mol. The Morgan fingerprint density at radius 2 is 2.00 bits per heavy atom. The number of amides is 1. The van der Waals surface area contributed by atoms with Gasteiger partial charge in [-0.05, 0) is 65.0 Å². The number of pyridine rings is 1. The minimum absolute atomic E-state index is 0.279. The normalized spacial score (nSPS) is 16.5. The highest BCUT2D eigenvalue weighted by Gasteiger charge is 2.43. The number of carbonyl (C=O) groups excluding carboxylic acids is 1. The highest BCUT2D eigenvalue weighted by Crippen LogP contribution is 2.32. The average molecular weight is 398 g/mol. The van der Waals surface area contributed by atoms with Crippen molar-refractivity contribution in [2.45, 2.75) is 70.6 Å². The first-order valence-electron chi connectivity index (χ1n) is 9.14. The quantitative estimate of drug-likeness (QED) is 0.353. The Hall–Kier alpha value is -1.86. The van der Waals surface area contributed by atoms with Gasteiger partial charge in [0.2, 0.25) is 0 Å². The second-order valence-corrected chi connectivity index (χ2v) is 8.41. The molecule has 150 valence electrons. The highest BCUT2D eigenvalue weighted by atomic mass is 35.5. The van der Waals surface area contributed by atoms with Crippen molar-refractivity contribution in [1.29, 1.82) is 0 Å². The number of nitrogens with one attached hydrogen (secondary N) is 2. The third-order valence-electron chi connectivity index (χ3n) is 4.27. The largest absolute Gasteiger partial charge is 0.465 e. The van der Waals surface area contributed by atoms with Crippen molar-refractivity contribution in [3.63, 3.8) is 0 Å². The van der Waals surface area contributed by atoms with Crippen LogP contribution in [0.2, 0.25) is 5.15 Å². The monoisotopic (exact) mass is 397 g/mol. The number of aryl methyl sites for hydroxylation is 1. The maximum Gasteiger partial charge on any atom is 0.404 e. The molecule has 0 aliphatic heterocycles. The molecule has 1 fully saturated rings. The molecule has 1 unspecified atom stereocenters. The minimum atomic E-state index is -1.06. The first kappa shape index (κ1) is 21.4. The number of esters is 1. The molecule has 1 heterocycles. The number of hydrogen-bond acceptors (Lipinski definition) is 5. The zero-order valence-corrected chi connectivity index (χ0v) is 17.0. The van der Waals surface area contributed by atoms with E-state index in [0.29, 0.717) is 30.1 Å². The van der Waals surface area contributed by atoms with Crippen LogP contribution in [-0.4, -0.2) is 40.3 Å². The van der Waals surface area contributed by atoms with Gasteiger partial charge in [0.05, 0.1) is 0 Å². The summed E-state index contributed by atoms with van der Waals surface area (Å²) in [6.07, 6.45) is 3.71. The van der Waals surface area contributed by atoms with Gasteiger partial charge in [-0.25, -0.2) is 14.6 Å². The number of ether oxygens (including phenoxy) is 1. The van der Waals surface area contributed by atoms with E-state index in [1.165, 1.54) is 0 Å². The van der Waals surface area contributed by atoms with Crippen molar-refractivity contribution < 1.29 is 19.4 Å². The molecule has 8 heteroatoms. The predicted octanol–water partition coefficient (Wildman–Crippen LogP) is 3.24. The summed E-state index contributed by atoms with van der Waals surface area (Å²) in [5.41, 5.74) is -0.169. The van der Waals surface area contributed by atoms with Gasteiger partial charge in [0.15, 0.2) is 0 Å². The summed E-state index contributed by atoms with van der Waals surface area (Å²) >= 11 is 6.21. The zero-order valence-electron chi connectivity index (χ0n) is 16.3. The lowest BCUT2D eigenvalue weighted by molar-refractivity contribution is -0.163. The van der Waals surface area contributed by atoms with Gasteiger partial charge in [0.25, 0.3) is 0 Å². The Kier molecular flexibility index (Phi) is 6.70. The van der Waals surface area contributed by atoms with E-state index < -0.39 is 17.2 Å². The van der Waals surface area contributed by atoms with E-state index >= 15 is 0 Å². The molecule has 27 heavy (non-hydrogen) atoms. The van der Waals surface area contributed by atoms with Crippen LogP contribution in [0, 0.1) is 0 Å². The maximum atomic E-state index is 13.0. The first-order valence-corrected chi connectivity index (χ1v) is 9.52. The molecule has 0 aromatic carbocycles. The number of halogens is 1. The van der Waals surface area contributed by atoms with Gasteiger partial charge in [-0.15, -0.1) is 0 Å². The summed E-state index contributed by atoms with van der Waals surface area (Å²) in [6, 6.07) is 2.14. The van der Waals surface area contributed by atoms with Gasteiger partial charge >= 0.3 is 12.1 Å². The molecule has 1 aromatic heterocycles. The second-order valence-electron chi connectivity index (χ2n) is 8.05. The van der Waals surface area contributed by atoms with Crippen LogP contribution in [0.4, 0.5) is 4.79 Å². The standard InChI is InChI=1S/C19H28ClN3O4/c1-18(2,3)27-16(24)19(4,23-14-7-8-14)13-10-12(15(20)22-11-13)6-5-9-21-17(25)26/h10-11,14,21,23H,5-9H2,1-4H3,(H,25,26). The fourth-order valence-electron chi connectivity index (χ4n) is 2.69. The zero-order chi connectivity index (χ0) is 20.2. The van der Waals surface area contributed by atoms with E-state index in [0.717, 1.165) is 18.4 Å². The topological polar surface area (TPSA) is 101 Å². The average Bonchev–Trinajstić information content (AvgIpc) is 3.34.